The van der Waals surface area contributed by atoms with Gasteiger partial charge in [0, 0.05) is 17.3 Å². The number of benzene rings is 3. The summed E-state index contributed by atoms with van der Waals surface area (Å²) in [4.78, 5) is 27.8. The maximum absolute atomic E-state index is 13.9. The molecule has 1 unspecified atom stereocenters. The van der Waals surface area contributed by atoms with Crippen LogP contribution in [0.15, 0.2) is 89.1 Å². The highest BCUT2D eigenvalue weighted by Gasteiger charge is 2.50. The number of amides is 2. The molecule has 3 aromatic rings. The van der Waals surface area contributed by atoms with Crippen molar-refractivity contribution in [3.8, 4) is 11.5 Å². The van der Waals surface area contributed by atoms with Crippen molar-refractivity contribution < 1.29 is 19.1 Å². The fourth-order valence-corrected chi connectivity index (χ4v) is 5.13. The highest BCUT2D eigenvalue weighted by atomic mass is 16.5. The SMILES string of the molecule is COc1ccc(C([C@@H]2C(=O)N(c3ccccc3)N=C2C)[C@H]2C(=O)N(c3ccccc3)N=C2C)cc1OC. The average Bonchev–Trinajstić information content (AvgIpc) is 3.39. The second kappa shape index (κ2) is 9.89. The molecule has 0 fully saturated rings. The molecular formula is C29H28N4O4. The molecule has 0 N–H and O–H groups in total. The smallest absolute Gasteiger partial charge is 0.256 e. The zero-order chi connectivity index (χ0) is 26.1. The Labute approximate surface area is 215 Å². The molecular weight excluding hydrogens is 468 g/mol. The van der Waals surface area contributed by atoms with E-state index >= 15 is 0 Å². The lowest BCUT2D eigenvalue weighted by Crippen LogP contribution is -2.40. The second-order valence-electron chi connectivity index (χ2n) is 9.05. The van der Waals surface area contributed by atoms with E-state index in [4.69, 9.17) is 9.47 Å². The largest absolute Gasteiger partial charge is 0.493 e. The Hall–Kier alpha value is -4.46. The van der Waals surface area contributed by atoms with Gasteiger partial charge in [-0.25, -0.2) is 10.0 Å². The third kappa shape index (κ3) is 4.24. The Morgan fingerprint density at radius 3 is 1.57 bits per heavy atom. The van der Waals surface area contributed by atoms with E-state index < -0.39 is 17.8 Å². The van der Waals surface area contributed by atoms with Gasteiger partial charge in [0.25, 0.3) is 11.8 Å². The summed E-state index contributed by atoms with van der Waals surface area (Å²) in [7, 11) is 3.13. The molecule has 8 heteroatoms. The van der Waals surface area contributed by atoms with Crippen molar-refractivity contribution in [1.82, 2.24) is 0 Å². The zero-order valence-electron chi connectivity index (χ0n) is 21.2. The lowest BCUT2D eigenvalue weighted by molar-refractivity contribution is -0.122. The Balaban J connectivity index is 1.61. The van der Waals surface area contributed by atoms with Gasteiger partial charge in [0.15, 0.2) is 11.5 Å². The number of carbonyl (C=O) groups is 2. The van der Waals surface area contributed by atoms with Gasteiger partial charge in [-0.3, -0.25) is 9.59 Å². The molecule has 0 spiro atoms. The van der Waals surface area contributed by atoms with Gasteiger partial charge in [-0.05, 0) is 55.8 Å². The Kier molecular flexibility index (Phi) is 6.48. The van der Waals surface area contributed by atoms with Crippen molar-refractivity contribution in [2.24, 2.45) is 22.0 Å². The van der Waals surface area contributed by atoms with Gasteiger partial charge in [0.1, 0.15) is 0 Å². The van der Waals surface area contributed by atoms with E-state index in [1.807, 2.05) is 86.6 Å². The Bertz CT molecular complexity index is 1310. The third-order valence-corrected chi connectivity index (χ3v) is 6.88. The van der Waals surface area contributed by atoms with Crippen molar-refractivity contribution in [1.29, 1.82) is 0 Å². The lowest BCUT2D eigenvalue weighted by Gasteiger charge is -2.29. The number of ether oxygens (including phenoxy) is 2. The number of hydrazone groups is 2. The minimum absolute atomic E-state index is 0.192. The number of carbonyl (C=O) groups excluding carboxylic acids is 2. The van der Waals surface area contributed by atoms with E-state index in [0.717, 1.165) is 5.56 Å². The first-order chi connectivity index (χ1) is 17.9. The monoisotopic (exact) mass is 496 g/mol. The van der Waals surface area contributed by atoms with Crippen molar-refractivity contribution in [2.75, 3.05) is 24.2 Å². The van der Waals surface area contributed by atoms with Gasteiger partial charge in [0.05, 0.1) is 37.4 Å². The van der Waals surface area contributed by atoms with Crippen LogP contribution in [-0.4, -0.2) is 37.5 Å². The fourth-order valence-electron chi connectivity index (χ4n) is 5.13. The summed E-state index contributed by atoms with van der Waals surface area (Å²) in [5, 5.41) is 12.1. The van der Waals surface area contributed by atoms with Gasteiger partial charge in [-0.15, -0.1) is 0 Å². The number of hydrogen-bond donors (Lipinski definition) is 0. The van der Waals surface area contributed by atoms with Crippen LogP contribution in [0.25, 0.3) is 0 Å². The number of hydrogen-bond acceptors (Lipinski definition) is 6. The minimum atomic E-state index is -0.673. The van der Waals surface area contributed by atoms with E-state index in [1.54, 1.807) is 20.3 Å². The first-order valence-electron chi connectivity index (χ1n) is 12.0. The molecule has 2 aliphatic heterocycles. The first kappa shape index (κ1) is 24.2. The number of nitrogens with zero attached hydrogens (tertiary/aromatic N) is 4. The molecule has 0 bridgehead atoms. The maximum Gasteiger partial charge on any atom is 0.256 e. The van der Waals surface area contributed by atoms with Crippen molar-refractivity contribution in [3.05, 3.63) is 84.4 Å². The molecule has 0 radical (unpaired) electrons. The highest BCUT2D eigenvalue weighted by Crippen LogP contribution is 2.44. The zero-order valence-corrected chi connectivity index (χ0v) is 21.2. The van der Waals surface area contributed by atoms with E-state index in [1.165, 1.54) is 10.0 Å². The van der Waals surface area contributed by atoms with Gasteiger partial charge < -0.3 is 9.47 Å². The van der Waals surface area contributed by atoms with Crippen LogP contribution in [-0.2, 0) is 9.59 Å². The lowest BCUT2D eigenvalue weighted by atomic mass is 9.73. The molecule has 3 atom stereocenters. The van der Waals surface area contributed by atoms with Gasteiger partial charge in [-0.2, -0.15) is 10.2 Å². The Morgan fingerprint density at radius 1 is 0.676 bits per heavy atom. The van der Waals surface area contributed by atoms with Crippen molar-refractivity contribution in [2.45, 2.75) is 19.8 Å². The second-order valence-corrected chi connectivity index (χ2v) is 9.05. The molecule has 0 saturated heterocycles. The van der Waals surface area contributed by atoms with Crippen LogP contribution < -0.4 is 19.5 Å². The summed E-state index contributed by atoms with van der Waals surface area (Å²) < 4.78 is 11.0. The van der Waals surface area contributed by atoms with E-state index in [9.17, 15) is 9.59 Å². The molecule has 2 aliphatic rings. The van der Waals surface area contributed by atoms with E-state index in [0.29, 0.717) is 34.3 Å². The molecule has 3 aromatic carbocycles. The normalized spacial score (nSPS) is 20.1. The molecule has 5 rings (SSSR count). The number of rotatable bonds is 7. The molecule has 0 aliphatic carbocycles. The molecule has 2 heterocycles. The Morgan fingerprint density at radius 2 is 1.14 bits per heavy atom. The van der Waals surface area contributed by atoms with Crippen LogP contribution in [0.2, 0.25) is 0 Å². The van der Waals surface area contributed by atoms with Crippen LogP contribution >= 0.6 is 0 Å². The topological polar surface area (TPSA) is 83.8 Å². The van der Waals surface area contributed by atoms with Gasteiger partial charge in [-0.1, -0.05) is 42.5 Å². The van der Waals surface area contributed by atoms with Gasteiger partial charge >= 0.3 is 0 Å². The summed E-state index contributed by atoms with van der Waals surface area (Å²) in [5.74, 6) is -1.21. The fraction of sp³-hybridized carbons (Fsp3) is 0.241. The average molecular weight is 497 g/mol. The summed E-state index contributed by atoms with van der Waals surface area (Å²) in [6, 6.07) is 24.1. The summed E-state index contributed by atoms with van der Waals surface area (Å²) in [6.45, 7) is 3.67. The highest BCUT2D eigenvalue weighted by molar-refractivity contribution is 6.19. The summed E-state index contributed by atoms with van der Waals surface area (Å²) in [5.41, 5.74) is 3.38. The molecule has 0 saturated carbocycles. The number of para-hydroxylation sites is 2. The predicted octanol–water partition coefficient (Wildman–Crippen LogP) is 4.87. The third-order valence-electron chi connectivity index (χ3n) is 6.88. The summed E-state index contributed by atoms with van der Waals surface area (Å²) in [6.07, 6.45) is 0. The maximum atomic E-state index is 13.9. The van der Waals surface area contributed by atoms with Crippen LogP contribution in [0.5, 0.6) is 11.5 Å². The van der Waals surface area contributed by atoms with Crippen molar-refractivity contribution >= 4 is 34.6 Å². The van der Waals surface area contributed by atoms with Crippen molar-refractivity contribution in [3.63, 3.8) is 0 Å². The number of anilines is 2. The van der Waals surface area contributed by atoms with E-state index in [2.05, 4.69) is 10.2 Å². The van der Waals surface area contributed by atoms with Crippen LogP contribution in [0.4, 0.5) is 11.4 Å². The first-order valence-corrected chi connectivity index (χ1v) is 12.0. The van der Waals surface area contributed by atoms with Crippen LogP contribution in [0.1, 0.15) is 25.3 Å². The standard InChI is InChI=1S/C29H28N4O4/c1-18-25(28(34)32(30-18)21-11-7-5-8-12-21)27(20-15-16-23(36-3)24(17-20)37-4)26-19(2)31-33(29(26)35)22-13-9-6-10-14-22/h5-17,25-27H,1-4H3/t25-,26+,27?. The van der Waals surface area contributed by atoms with Gasteiger partial charge in [0.2, 0.25) is 0 Å². The molecule has 37 heavy (non-hydrogen) atoms. The minimum Gasteiger partial charge on any atom is -0.493 e. The molecule has 0 aromatic heterocycles. The predicted molar refractivity (Wildman–Crippen MR) is 143 cm³/mol. The quantitative estimate of drug-likeness (QED) is 0.467. The molecule has 2 amide bonds. The summed E-state index contributed by atoms with van der Waals surface area (Å²) >= 11 is 0. The van der Waals surface area contributed by atoms with Crippen LogP contribution in [0, 0.1) is 11.8 Å². The number of methoxy groups -OCH3 is 2. The molecule has 188 valence electrons. The molecule has 8 nitrogen and oxygen atoms in total. The van der Waals surface area contributed by atoms with E-state index in [-0.39, 0.29) is 11.8 Å². The van der Waals surface area contributed by atoms with Crippen LogP contribution in [0.3, 0.4) is 0 Å².